The van der Waals surface area contributed by atoms with Gasteiger partial charge in [-0.25, -0.2) is 0 Å². The van der Waals surface area contributed by atoms with Crippen LogP contribution >= 0.6 is 0 Å². The van der Waals surface area contributed by atoms with E-state index >= 15 is 0 Å². The van der Waals surface area contributed by atoms with Crippen molar-refractivity contribution in [2.24, 2.45) is 11.5 Å². The van der Waals surface area contributed by atoms with E-state index in [0.29, 0.717) is 13.2 Å². The van der Waals surface area contributed by atoms with Crippen LogP contribution in [0.1, 0.15) is 50.7 Å². The Labute approximate surface area is 162 Å². The maximum absolute atomic E-state index is 6.05. The van der Waals surface area contributed by atoms with Gasteiger partial charge in [0.05, 0.1) is 0 Å². The highest BCUT2D eigenvalue weighted by atomic mass is 16.5. The molecule has 0 bridgehead atoms. The zero-order valence-corrected chi connectivity index (χ0v) is 16.5. The summed E-state index contributed by atoms with van der Waals surface area (Å²) in [5, 5.41) is 0. The predicted octanol–water partition coefficient (Wildman–Crippen LogP) is 4.27. The summed E-state index contributed by atoms with van der Waals surface area (Å²) in [5.41, 5.74) is 17.3. The molecule has 0 heterocycles. The minimum absolute atomic E-state index is 0.0965. The summed E-state index contributed by atoms with van der Waals surface area (Å²) in [5.74, 6) is 1.80. The molecule has 4 nitrogen and oxygen atoms in total. The van der Waals surface area contributed by atoms with E-state index in [1.807, 2.05) is 12.1 Å². The lowest BCUT2D eigenvalue weighted by atomic mass is 10.1. The van der Waals surface area contributed by atoms with E-state index in [4.69, 9.17) is 20.9 Å². The Morgan fingerprint density at radius 1 is 0.778 bits per heavy atom. The van der Waals surface area contributed by atoms with Crippen LogP contribution in [0.4, 0.5) is 0 Å². The van der Waals surface area contributed by atoms with Gasteiger partial charge < -0.3 is 20.9 Å². The molecule has 0 aromatic heterocycles. The highest BCUT2D eigenvalue weighted by Crippen LogP contribution is 2.39. The van der Waals surface area contributed by atoms with Gasteiger partial charge in [0.25, 0.3) is 0 Å². The van der Waals surface area contributed by atoms with Gasteiger partial charge in [0, 0.05) is 12.1 Å². The maximum Gasteiger partial charge on any atom is 0.119 e. The van der Waals surface area contributed by atoms with Gasteiger partial charge in [0.1, 0.15) is 24.7 Å². The van der Waals surface area contributed by atoms with Gasteiger partial charge in [-0.1, -0.05) is 38.8 Å². The van der Waals surface area contributed by atoms with Gasteiger partial charge in [-0.05, 0) is 65.8 Å². The molecule has 2 aromatic rings. The summed E-state index contributed by atoms with van der Waals surface area (Å²) in [6.07, 6.45) is 5.04. The van der Waals surface area contributed by atoms with Crippen molar-refractivity contribution in [1.82, 2.24) is 0 Å². The minimum atomic E-state index is 0.0965. The summed E-state index contributed by atoms with van der Waals surface area (Å²) in [4.78, 5) is 0. The van der Waals surface area contributed by atoms with Crippen LogP contribution in [0.5, 0.6) is 11.5 Å². The number of benzene rings is 2. The zero-order valence-electron chi connectivity index (χ0n) is 16.5. The first-order valence-electron chi connectivity index (χ1n) is 10.1. The predicted molar refractivity (Wildman–Crippen MR) is 111 cm³/mol. The molecule has 0 amide bonds. The molecule has 0 fully saturated rings. The second kappa shape index (κ2) is 9.25. The van der Waals surface area contributed by atoms with Crippen LogP contribution in [0, 0.1) is 0 Å². The molecular formula is C23H32N2O2. The molecule has 1 aliphatic rings. The minimum Gasteiger partial charge on any atom is -0.492 e. The van der Waals surface area contributed by atoms with E-state index in [-0.39, 0.29) is 12.1 Å². The molecule has 1 aliphatic carbocycles. The largest absolute Gasteiger partial charge is 0.492 e. The second-order valence-corrected chi connectivity index (χ2v) is 7.53. The van der Waals surface area contributed by atoms with Gasteiger partial charge in [0.15, 0.2) is 0 Å². The van der Waals surface area contributed by atoms with Crippen LogP contribution in [0.2, 0.25) is 0 Å². The Kier molecular flexibility index (Phi) is 6.75. The summed E-state index contributed by atoms with van der Waals surface area (Å²) < 4.78 is 11.8. The van der Waals surface area contributed by atoms with Gasteiger partial charge in [0.2, 0.25) is 0 Å². The lowest BCUT2D eigenvalue weighted by Crippen LogP contribution is -2.27. The third-order valence-electron chi connectivity index (χ3n) is 5.07. The number of nitrogens with two attached hydrogens (primary N) is 2. The third kappa shape index (κ3) is 5.02. The van der Waals surface area contributed by atoms with Crippen LogP contribution in [0.3, 0.4) is 0 Å². The molecule has 3 rings (SSSR count). The van der Waals surface area contributed by atoms with Crippen LogP contribution < -0.4 is 20.9 Å². The number of fused-ring (bicyclic) bond motifs is 3. The number of ether oxygens (including phenoxy) is 2. The number of hydrogen-bond acceptors (Lipinski definition) is 4. The molecular weight excluding hydrogens is 336 g/mol. The fourth-order valence-electron chi connectivity index (χ4n) is 3.66. The van der Waals surface area contributed by atoms with Crippen molar-refractivity contribution >= 4 is 0 Å². The molecule has 4 N–H and O–H groups in total. The first kappa shape index (κ1) is 19.7. The fourth-order valence-corrected chi connectivity index (χ4v) is 3.66. The molecule has 4 heteroatoms. The highest BCUT2D eigenvalue weighted by molar-refractivity contribution is 5.78. The molecule has 0 saturated heterocycles. The smallest absolute Gasteiger partial charge is 0.119 e. The number of hydrogen-bond donors (Lipinski definition) is 2. The Balaban J connectivity index is 1.64. The van der Waals surface area contributed by atoms with Gasteiger partial charge >= 0.3 is 0 Å². The molecule has 0 saturated carbocycles. The van der Waals surface area contributed by atoms with E-state index in [2.05, 4.69) is 38.1 Å². The molecule has 27 heavy (non-hydrogen) atoms. The van der Waals surface area contributed by atoms with Crippen LogP contribution in [0.25, 0.3) is 11.1 Å². The quantitative estimate of drug-likeness (QED) is 0.561. The van der Waals surface area contributed by atoms with Crippen LogP contribution in [0.15, 0.2) is 36.4 Å². The Bertz CT molecular complexity index is 697. The van der Waals surface area contributed by atoms with E-state index in [9.17, 15) is 0 Å². The van der Waals surface area contributed by atoms with Crippen molar-refractivity contribution in [3.05, 3.63) is 47.5 Å². The zero-order chi connectivity index (χ0) is 19.2. The monoisotopic (exact) mass is 368 g/mol. The van der Waals surface area contributed by atoms with Gasteiger partial charge in [-0.3, -0.25) is 0 Å². The fraction of sp³-hybridized carbons (Fsp3) is 0.478. The Morgan fingerprint density at radius 2 is 1.22 bits per heavy atom. The summed E-state index contributed by atoms with van der Waals surface area (Å²) in [6, 6.07) is 12.9. The summed E-state index contributed by atoms with van der Waals surface area (Å²) >= 11 is 0. The SMILES string of the molecule is CCCC(N)COc1ccc2c(c1)Cc1cc(OCC(N)CCC)ccc1-2. The topological polar surface area (TPSA) is 70.5 Å². The first-order chi connectivity index (χ1) is 13.1. The van der Waals surface area contributed by atoms with Crippen molar-refractivity contribution < 1.29 is 9.47 Å². The van der Waals surface area contributed by atoms with Crippen LogP contribution in [-0.4, -0.2) is 25.3 Å². The van der Waals surface area contributed by atoms with E-state index in [1.165, 1.54) is 22.3 Å². The van der Waals surface area contributed by atoms with Gasteiger partial charge in [-0.2, -0.15) is 0 Å². The molecule has 0 radical (unpaired) electrons. The normalized spacial score (nSPS) is 14.4. The maximum atomic E-state index is 6.05. The molecule has 0 spiro atoms. The average Bonchev–Trinajstić information content (AvgIpc) is 3.02. The highest BCUT2D eigenvalue weighted by Gasteiger charge is 2.20. The Hall–Kier alpha value is -2.04. The van der Waals surface area contributed by atoms with Crippen molar-refractivity contribution in [3.63, 3.8) is 0 Å². The second-order valence-electron chi connectivity index (χ2n) is 7.53. The Morgan fingerprint density at radius 3 is 1.63 bits per heavy atom. The molecule has 2 unspecified atom stereocenters. The van der Waals surface area contributed by atoms with Crippen molar-refractivity contribution in [1.29, 1.82) is 0 Å². The van der Waals surface area contributed by atoms with E-state index in [1.54, 1.807) is 0 Å². The van der Waals surface area contributed by atoms with Crippen molar-refractivity contribution in [3.8, 4) is 22.6 Å². The van der Waals surface area contributed by atoms with Crippen molar-refractivity contribution in [2.75, 3.05) is 13.2 Å². The van der Waals surface area contributed by atoms with Crippen LogP contribution in [-0.2, 0) is 6.42 Å². The van der Waals surface area contributed by atoms with Gasteiger partial charge in [-0.15, -0.1) is 0 Å². The molecule has 146 valence electrons. The summed E-state index contributed by atoms with van der Waals surface area (Å²) in [7, 11) is 0. The van der Waals surface area contributed by atoms with Crippen molar-refractivity contribution in [2.45, 2.75) is 58.0 Å². The standard InChI is InChI=1S/C23H32N2O2/c1-3-5-18(24)14-26-20-7-9-22-16(12-20)11-17-13-21(8-10-23(17)22)27-15-19(25)6-4-2/h7-10,12-13,18-19H,3-6,11,14-15,24-25H2,1-2H3. The number of rotatable bonds is 10. The summed E-state index contributed by atoms with van der Waals surface area (Å²) in [6.45, 7) is 5.41. The first-order valence-corrected chi connectivity index (χ1v) is 10.1. The molecule has 2 aromatic carbocycles. The lowest BCUT2D eigenvalue weighted by Gasteiger charge is -2.13. The average molecular weight is 369 g/mol. The third-order valence-corrected chi connectivity index (χ3v) is 5.07. The van der Waals surface area contributed by atoms with E-state index < -0.39 is 0 Å². The lowest BCUT2D eigenvalue weighted by molar-refractivity contribution is 0.281. The molecule has 2 atom stereocenters. The molecule has 0 aliphatic heterocycles. The van der Waals surface area contributed by atoms with E-state index in [0.717, 1.165) is 43.6 Å².